The summed E-state index contributed by atoms with van der Waals surface area (Å²) in [5, 5.41) is 0. The Bertz CT molecular complexity index is 132. The number of hydrogen-bond acceptors (Lipinski definition) is 0. The van der Waals surface area contributed by atoms with Gasteiger partial charge in [-0.15, -0.1) is 6.42 Å². The second-order valence-electron chi connectivity index (χ2n) is 2.39. The Morgan fingerprint density at radius 2 is 2.22 bits per heavy atom. The van der Waals surface area contributed by atoms with E-state index in [4.69, 9.17) is 0 Å². The van der Waals surface area contributed by atoms with Gasteiger partial charge in [-0.2, -0.15) is 6.08 Å². The summed E-state index contributed by atoms with van der Waals surface area (Å²) in [5.41, 5.74) is 1.37. The van der Waals surface area contributed by atoms with Crippen molar-refractivity contribution in [2.45, 2.75) is 20.3 Å². The average molecular weight is 247 g/mol. The second kappa shape index (κ2) is 4.64. The molecule has 48 valence electrons. The first-order valence-corrected chi connectivity index (χ1v) is 3.08. The predicted molar refractivity (Wildman–Crippen MR) is 35.4 cm³/mol. The van der Waals surface area contributed by atoms with Gasteiger partial charge in [0.25, 0.3) is 0 Å². The number of rotatable bonds is 1. The third-order valence-electron chi connectivity index (χ3n) is 1.34. The van der Waals surface area contributed by atoms with Crippen molar-refractivity contribution in [2.75, 3.05) is 0 Å². The maximum atomic E-state index is 3.26. The molecule has 1 heteroatoms. The van der Waals surface area contributed by atoms with Crippen LogP contribution in [0.1, 0.15) is 20.3 Å². The average Bonchev–Trinajstić information content (AvgIpc) is 2.12. The number of allylic oxidation sites excluding steroid dienone is 4. The Labute approximate surface area is 90.8 Å². The third kappa shape index (κ3) is 2.96. The summed E-state index contributed by atoms with van der Waals surface area (Å²) in [5.74, 6) is 0.661. The zero-order chi connectivity index (χ0) is 5.98. The first kappa shape index (κ1) is 9.86. The second-order valence-corrected chi connectivity index (χ2v) is 2.39. The molecule has 0 radical (unpaired) electrons. The molecule has 0 amide bonds. The van der Waals surface area contributed by atoms with Crippen molar-refractivity contribution in [1.82, 2.24) is 0 Å². The summed E-state index contributed by atoms with van der Waals surface area (Å²) in [7, 11) is 0. The molecule has 0 spiro atoms. The Hall–Kier alpha value is 0.857. The van der Waals surface area contributed by atoms with Crippen LogP contribution in [0.2, 0.25) is 0 Å². The molecule has 0 unspecified atom stereocenters. The Balaban J connectivity index is 0.000000640. The fourth-order valence-electron chi connectivity index (χ4n) is 0.818. The summed E-state index contributed by atoms with van der Waals surface area (Å²) in [6.45, 7) is 4.38. The van der Waals surface area contributed by atoms with Crippen molar-refractivity contribution >= 4 is 0 Å². The third-order valence-corrected chi connectivity index (χ3v) is 1.34. The van der Waals surface area contributed by atoms with Crippen LogP contribution in [-0.4, -0.2) is 0 Å². The van der Waals surface area contributed by atoms with Crippen molar-refractivity contribution in [1.29, 1.82) is 0 Å². The standard InChI is InChI=1S/C8H11.Ce/c1-7(2)8-5-3-4-6-8;/h3,5,7H,4H2,1-2H3;/q-1;. The molecule has 0 aromatic rings. The van der Waals surface area contributed by atoms with Crippen LogP contribution < -0.4 is 0 Å². The first-order valence-electron chi connectivity index (χ1n) is 3.08. The Morgan fingerprint density at radius 3 is 2.44 bits per heavy atom. The molecule has 0 atom stereocenters. The van der Waals surface area contributed by atoms with Crippen LogP contribution >= 0.6 is 0 Å². The monoisotopic (exact) mass is 247 g/mol. The summed E-state index contributed by atoms with van der Waals surface area (Å²) in [4.78, 5) is 0. The maximum Gasteiger partial charge on any atom is 0 e. The zero-order valence-electron chi connectivity index (χ0n) is 5.94. The van der Waals surface area contributed by atoms with Gasteiger partial charge < -0.3 is 0 Å². The summed E-state index contributed by atoms with van der Waals surface area (Å²) >= 11 is 0. The van der Waals surface area contributed by atoms with Crippen molar-refractivity contribution in [2.24, 2.45) is 5.92 Å². The minimum absolute atomic E-state index is 0. The predicted octanol–water partition coefficient (Wildman–Crippen LogP) is 2.33. The van der Waals surface area contributed by atoms with E-state index in [1.165, 1.54) is 5.57 Å². The molecule has 9 heavy (non-hydrogen) atoms. The smallest absolute Gasteiger partial charge is 0 e. The van der Waals surface area contributed by atoms with Gasteiger partial charge in [-0.3, -0.25) is 6.08 Å². The van der Waals surface area contributed by atoms with E-state index in [0.717, 1.165) is 6.42 Å². The van der Waals surface area contributed by atoms with Crippen LogP contribution in [0.5, 0.6) is 0 Å². The molecule has 0 fully saturated rings. The molecule has 1 aliphatic carbocycles. The minimum atomic E-state index is 0. The van der Waals surface area contributed by atoms with Crippen LogP contribution in [0.25, 0.3) is 0 Å². The van der Waals surface area contributed by atoms with Crippen molar-refractivity contribution < 1.29 is 41.7 Å². The molecule has 1 aliphatic rings. The molecule has 0 heterocycles. The maximum absolute atomic E-state index is 3.26. The molecule has 0 saturated carbocycles. The van der Waals surface area contributed by atoms with Crippen molar-refractivity contribution in [3.05, 3.63) is 23.8 Å². The van der Waals surface area contributed by atoms with E-state index < -0.39 is 0 Å². The fourth-order valence-corrected chi connectivity index (χ4v) is 0.818. The van der Waals surface area contributed by atoms with E-state index in [9.17, 15) is 0 Å². The van der Waals surface area contributed by atoms with E-state index in [1.807, 2.05) is 0 Å². The zero-order valence-corrected chi connectivity index (χ0v) is 9.08. The van der Waals surface area contributed by atoms with Gasteiger partial charge in [0, 0.05) is 41.7 Å². The Morgan fingerprint density at radius 1 is 1.56 bits per heavy atom. The van der Waals surface area contributed by atoms with Gasteiger partial charge in [0.2, 0.25) is 0 Å². The SMILES string of the molecule is CC(C)C1=[C-]CC=C1.[Ce]. The molecule has 0 nitrogen and oxygen atoms in total. The fraction of sp³-hybridized carbons (Fsp3) is 0.500. The molecule has 0 aliphatic heterocycles. The van der Waals surface area contributed by atoms with Gasteiger partial charge >= 0.3 is 0 Å². The van der Waals surface area contributed by atoms with Gasteiger partial charge in [-0.1, -0.05) is 19.8 Å². The molecule has 0 aromatic heterocycles. The van der Waals surface area contributed by atoms with Crippen LogP contribution in [0.4, 0.5) is 0 Å². The van der Waals surface area contributed by atoms with E-state index in [0.29, 0.717) is 5.92 Å². The van der Waals surface area contributed by atoms with Crippen molar-refractivity contribution in [3.8, 4) is 0 Å². The topological polar surface area (TPSA) is 0 Å². The van der Waals surface area contributed by atoms with Gasteiger partial charge in [0.1, 0.15) is 0 Å². The molecule has 0 aromatic carbocycles. The largest absolute Gasteiger partial charge is 0.269 e. The molecular formula is C8H11Ce-. The van der Waals surface area contributed by atoms with Gasteiger partial charge in [-0.25, -0.2) is 11.6 Å². The van der Waals surface area contributed by atoms with E-state index in [2.05, 4.69) is 32.1 Å². The van der Waals surface area contributed by atoms with E-state index >= 15 is 0 Å². The quantitative estimate of drug-likeness (QED) is 0.624. The normalized spacial score (nSPS) is 15.7. The first-order chi connectivity index (χ1) is 3.80. The summed E-state index contributed by atoms with van der Waals surface area (Å²) in [6, 6.07) is 0. The minimum Gasteiger partial charge on any atom is -0.269 e. The molecule has 0 N–H and O–H groups in total. The van der Waals surface area contributed by atoms with Gasteiger partial charge in [-0.05, 0) is 0 Å². The molecular weight excluding hydrogens is 236 g/mol. The van der Waals surface area contributed by atoms with E-state index in [1.54, 1.807) is 0 Å². The van der Waals surface area contributed by atoms with Crippen LogP contribution in [0, 0.1) is 53.7 Å². The summed E-state index contributed by atoms with van der Waals surface area (Å²) in [6.07, 6.45) is 8.59. The molecule has 1 rings (SSSR count). The van der Waals surface area contributed by atoms with Crippen molar-refractivity contribution in [3.63, 3.8) is 0 Å². The Kier molecular flexibility index (Phi) is 5.08. The molecule has 0 saturated heterocycles. The number of hydrogen-bond donors (Lipinski definition) is 0. The van der Waals surface area contributed by atoms with Gasteiger partial charge in [0.05, 0.1) is 0 Å². The van der Waals surface area contributed by atoms with Crippen LogP contribution in [0.3, 0.4) is 0 Å². The van der Waals surface area contributed by atoms with Crippen LogP contribution in [-0.2, 0) is 0 Å². The molecule has 0 bridgehead atoms. The van der Waals surface area contributed by atoms with Crippen LogP contribution in [0.15, 0.2) is 17.7 Å². The van der Waals surface area contributed by atoms with Gasteiger partial charge in [0.15, 0.2) is 0 Å². The summed E-state index contributed by atoms with van der Waals surface area (Å²) < 4.78 is 0. The van der Waals surface area contributed by atoms with E-state index in [-0.39, 0.29) is 41.7 Å².